The fourth-order valence-corrected chi connectivity index (χ4v) is 2.48. The first-order chi connectivity index (χ1) is 9.67. The van der Waals surface area contributed by atoms with Crippen molar-refractivity contribution in [3.05, 3.63) is 29.8 Å². The second kappa shape index (κ2) is 6.52. The zero-order chi connectivity index (χ0) is 14.5. The van der Waals surface area contributed by atoms with Crippen LogP contribution in [-0.4, -0.2) is 36.9 Å². The normalized spacial score (nSPS) is 16.6. The Labute approximate surface area is 118 Å². The fourth-order valence-electron chi connectivity index (χ4n) is 2.48. The highest BCUT2D eigenvalue weighted by Crippen LogP contribution is 2.26. The van der Waals surface area contributed by atoms with Crippen molar-refractivity contribution in [1.82, 2.24) is 10.2 Å². The molecule has 1 saturated heterocycles. The van der Waals surface area contributed by atoms with Gasteiger partial charge in [-0.25, -0.2) is 0 Å². The maximum absolute atomic E-state index is 11.8. The third-order valence-electron chi connectivity index (χ3n) is 3.48. The monoisotopic (exact) mass is 276 g/mol. The maximum Gasteiger partial charge on any atom is 0.229 e. The topological polar surface area (TPSA) is 58.6 Å². The molecule has 5 nitrogen and oxygen atoms in total. The van der Waals surface area contributed by atoms with Gasteiger partial charge in [0.25, 0.3) is 0 Å². The molecule has 1 fully saturated rings. The number of likely N-dealkylation sites (N-methyl/N-ethyl adjacent to an activating group) is 1. The van der Waals surface area contributed by atoms with E-state index in [2.05, 4.69) is 5.32 Å². The van der Waals surface area contributed by atoms with Gasteiger partial charge in [-0.1, -0.05) is 25.1 Å². The summed E-state index contributed by atoms with van der Waals surface area (Å²) >= 11 is 0. The summed E-state index contributed by atoms with van der Waals surface area (Å²) in [4.78, 5) is 24.9. The minimum atomic E-state index is -0.109. The number of hydrogen-bond donors (Lipinski definition) is 1. The first kappa shape index (κ1) is 14.5. The number of hydrogen-bond acceptors (Lipinski definition) is 4. The summed E-state index contributed by atoms with van der Waals surface area (Å²) in [7, 11) is 1.62. The van der Waals surface area contributed by atoms with E-state index in [1.807, 2.05) is 31.2 Å². The Morgan fingerprint density at radius 3 is 2.50 bits per heavy atom. The smallest absolute Gasteiger partial charge is 0.229 e. The van der Waals surface area contributed by atoms with Crippen LogP contribution in [0.5, 0.6) is 5.75 Å². The molecule has 20 heavy (non-hydrogen) atoms. The Hall–Kier alpha value is -1.88. The first-order valence-corrected chi connectivity index (χ1v) is 6.86. The predicted molar refractivity (Wildman–Crippen MR) is 75.4 cm³/mol. The van der Waals surface area contributed by atoms with E-state index in [4.69, 9.17) is 4.74 Å². The van der Waals surface area contributed by atoms with E-state index >= 15 is 0 Å². The molecular formula is C15H20N2O3. The molecule has 0 bridgehead atoms. The number of ether oxygens (including phenoxy) is 1. The number of carbonyl (C=O) groups is 2. The van der Waals surface area contributed by atoms with Gasteiger partial charge in [0.1, 0.15) is 5.75 Å². The highest BCUT2D eigenvalue weighted by Gasteiger charge is 2.31. The number of nitrogens with one attached hydrogen (secondary N) is 1. The molecule has 0 saturated carbocycles. The average molecular weight is 276 g/mol. The van der Waals surface area contributed by atoms with Crippen molar-refractivity contribution < 1.29 is 14.3 Å². The number of methoxy groups -OCH3 is 1. The van der Waals surface area contributed by atoms with Gasteiger partial charge in [0.05, 0.1) is 13.2 Å². The second-order valence-electron chi connectivity index (χ2n) is 4.75. The van der Waals surface area contributed by atoms with Crippen molar-refractivity contribution >= 4 is 11.8 Å². The van der Waals surface area contributed by atoms with Crippen molar-refractivity contribution in [1.29, 1.82) is 0 Å². The Bertz CT molecular complexity index is 486. The van der Waals surface area contributed by atoms with Gasteiger partial charge in [-0.2, -0.15) is 0 Å². The number of likely N-dealkylation sites (tertiary alicyclic amines) is 1. The number of benzene rings is 1. The van der Waals surface area contributed by atoms with Crippen molar-refractivity contribution in [2.24, 2.45) is 0 Å². The molecule has 2 rings (SSSR count). The lowest BCUT2D eigenvalue weighted by Gasteiger charge is -2.25. The zero-order valence-corrected chi connectivity index (χ0v) is 11.9. The van der Waals surface area contributed by atoms with Gasteiger partial charge >= 0.3 is 0 Å². The third kappa shape index (κ3) is 2.99. The molecule has 108 valence electrons. The Morgan fingerprint density at radius 1 is 1.25 bits per heavy atom. The number of carbonyl (C=O) groups excluding carboxylic acids is 2. The number of rotatable bonds is 6. The van der Waals surface area contributed by atoms with Gasteiger partial charge in [-0.3, -0.25) is 14.5 Å². The molecule has 0 aliphatic carbocycles. The number of nitrogens with zero attached hydrogens (tertiary/aromatic N) is 1. The fraction of sp³-hybridized carbons (Fsp3) is 0.467. The summed E-state index contributed by atoms with van der Waals surface area (Å²) in [5.74, 6) is 0.582. The summed E-state index contributed by atoms with van der Waals surface area (Å²) < 4.78 is 5.36. The molecule has 1 unspecified atom stereocenters. The van der Waals surface area contributed by atoms with Gasteiger partial charge in [-0.15, -0.1) is 0 Å². The minimum absolute atomic E-state index is 0.0900. The SMILES string of the molecule is CCNC(CN1C(=O)CCC1=O)c1ccccc1OC. The predicted octanol–water partition coefficient (Wildman–Crippen LogP) is 1.49. The molecule has 5 heteroatoms. The van der Waals surface area contributed by atoms with E-state index in [0.717, 1.165) is 17.9 Å². The van der Waals surface area contributed by atoms with Crippen molar-refractivity contribution in [2.75, 3.05) is 20.2 Å². The maximum atomic E-state index is 11.8. The standard InChI is InChI=1S/C15H20N2O3/c1-3-16-12(10-17-14(18)8-9-15(17)19)11-6-4-5-7-13(11)20-2/h4-7,12,16H,3,8-10H2,1-2H3. The van der Waals surface area contributed by atoms with Crippen molar-refractivity contribution in [3.63, 3.8) is 0 Å². The van der Waals surface area contributed by atoms with Gasteiger partial charge in [0.15, 0.2) is 0 Å². The molecule has 0 radical (unpaired) electrons. The summed E-state index contributed by atoms with van der Waals surface area (Å²) in [5.41, 5.74) is 0.962. The van der Waals surface area contributed by atoms with Crippen molar-refractivity contribution in [3.8, 4) is 5.75 Å². The molecule has 1 aromatic carbocycles. The molecule has 0 aromatic heterocycles. The lowest BCUT2D eigenvalue weighted by Crippen LogP contribution is -2.38. The van der Waals surface area contributed by atoms with E-state index in [1.54, 1.807) is 7.11 Å². The van der Waals surface area contributed by atoms with E-state index in [9.17, 15) is 9.59 Å². The highest BCUT2D eigenvalue weighted by atomic mass is 16.5. The van der Waals surface area contributed by atoms with Crippen LogP contribution in [0.1, 0.15) is 31.4 Å². The Morgan fingerprint density at radius 2 is 1.90 bits per heavy atom. The molecule has 1 aromatic rings. The van der Waals surface area contributed by atoms with Crippen LogP contribution in [0.15, 0.2) is 24.3 Å². The van der Waals surface area contributed by atoms with Crippen LogP contribution in [0.4, 0.5) is 0 Å². The molecule has 1 atom stereocenters. The summed E-state index contributed by atoms with van der Waals surface area (Å²) in [5, 5.41) is 3.32. The highest BCUT2D eigenvalue weighted by molar-refractivity contribution is 6.01. The van der Waals surface area contributed by atoms with Crippen LogP contribution in [0.2, 0.25) is 0 Å². The Kier molecular flexibility index (Phi) is 4.74. The lowest BCUT2D eigenvalue weighted by atomic mass is 10.0. The van der Waals surface area contributed by atoms with Gasteiger partial charge in [0, 0.05) is 24.9 Å². The molecule has 1 N–H and O–H groups in total. The Balaban J connectivity index is 2.22. The number of para-hydroxylation sites is 1. The molecule has 1 aliphatic heterocycles. The minimum Gasteiger partial charge on any atom is -0.496 e. The average Bonchev–Trinajstić information content (AvgIpc) is 2.78. The van der Waals surface area contributed by atoms with E-state index in [1.165, 1.54) is 4.90 Å². The summed E-state index contributed by atoms with van der Waals surface area (Å²) in [6.45, 7) is 3.10. The summed E-state index contributed by atoms with van der Waals surface area (Å²) in [6.07, 6.45) is 0.646. The summed E-state index contributed by atoms with van der Waals surface area (Å²) in [6, 6.07) is 7.56. The van der Waals surface area contributed by atoms with E-state index in [0.29, 0.717) is 19.4 Å². The largest absolute Gasteiger partial charge is 0.496 e. The van der Waals surface area contributed by atoms with Crippen LogP contribution >= 0.6 is 0 Å². The molecule has 1 aliphatic rings. The van der Waals surface area contributed by atoms with Gasteiger partial charge < -0.3 is 10.1 Å². The number of amides is 2. The van der Waals surface area contributed by atoms with Crippen LogP contribution < -0.4 is 10.1 Å². The van der Waals surface area contributed by atoms with Gasteiger partial charge in [0.2, 0.25) is 11.8 Å². The van der Waals surface area contributed by atoms with Gasteiger partial charge in [-0.05, 0) is 12.6 Å². The molecule has 1 heterocycles. The molecular weight excluding hydrogens is 256 g/mol. The third-order valence-corrected chi connectivity index (χ3v) is 3.48. The lowest BCUT2D eigenvalue weighted by molar-refractivity contribution is -0.138. The van der Waals surface area contributed by atoms with E-state index in [-0.39, 0.29) is 17.9 Å². The number of imide groups is 1. The molecule has 2 amide bonds. The second-order valence-corrected chi connectivity index (χ2v) is 4.75. The zero-order valence-electron chi connectivity index (χ0n) is 11.9. The molecule has 0 spiro atoms. The van der Waals surface area contributed by atoms with Crippen LogP contribution in [0, 0.1) is 0 Å². The van der Waals surface area contributed by atoms with E-state index < -0.39 is 0 Å². The van der Waals surface area contributed by atoms with Crippen LogP contribution in [0.25, 0.3) is 0 Å². The quantitative estimate of drug-likeness (QED) is 0.800. The van der Waals surface area contributed by atoms with Crippen molar-refractivity contribution in [2.45, 2.75) is 25.8 Å². The van der Waals surface area contributed by atoms with Crippen LogP contribution in [-0.2, 0) is 9.59 Å². The first-order valence-electron chi connectivity index (χ1n) is 6.86. The van der Waals surface area contributed by atoms with Crippen LogP contribution in [0.3, 0.4) is 0 Å².